The van der Waals surface area contributed by atoms with Crippen molar-refractivity contribution >= 4 is 43.9 Å². The van der Waals surface area contributed by atoms with Crippen LogP contribution in [0.4, 0.5) is 0 Å². The lowest BCUT2D eigenvalue weighted by Gasteiger charge is -2.08. The molecule has 3 aromatic carbocycles. The van der Waals surface area contributed by atoms with E-state index in [1.54, 1.807) is 0 Å². The number of para-hydroxylation sites is 2. The Labute approximate surface area is 162 Å². The Bertz CT molecular complexity index is 1420. The van der Waals surface area contributed by atoms with Gasteiger partial charge >= 0.3 is 0 Å². The number of hydrogen-bond donors (Lipinski definition) is 0. The lowest BCUT2D eigenvalue weighted by molar-refractivity contribution is 0.965. The lowest BCUT2D eigenvalue weighted by atomic mass is 9.96. The molecule has 0 saturated heterocycles. The zero-order valence-electron chi connectivity index (χ0n) is 15.8. The molecule has 0 amide bonds. The van der Waals surface area contributed by atoms with Crippen LogP contribution in [0.3, 0.4) is 0 Å². The molecule has 0 atom stereocenters. The van der Waals surface area contributed by atoms with Crippen LogP contribution >= 0.6 is 0 Å². The predicted molar refractivity (Wildman–Crippen MR) is 118 cm³/mol. The Morgan fingerprint density at radius 2 is 1.04 bits per heavy atom. The molecular formula is C25H19N3. The molecule has 0 N–H and O–H groups in total. The molecule has 3 heteroatoms. The Kier molecular flexibility index (Phi) is 3.01. The van der Waals surface area contributed by atoms with Crippen molar-refractivity contribution in [2.45, 2.75) is 0 Å². The first-order valence-electron chi connectivity index (χ1n) is 9.55. The average Bonchev–Trinajstić information content (AvgIpc) is 3.20. The second kappa shape index (κ2) is 5.46. The van der Waals surface area contributed by atoms with E-state index in [4.69, 9.17) is 4.98 Å². The Hall–Kier alpha value is -3.59. The van der Waals surface area contributed by atoms with Gasteiger partial charge in [-0.25, -0.2) is 4.98 Å². The van der Waals surface area contributed by atoms with Crippen LogP contribution in [0.5, 0.6) is 0 Å². The minimum atomic E-state index is 1.03. The van der Waals surface area contributed by atoms with Crippen molar-refractivity contribution in [3.63, 3.8) is 0 Å². The highest BCUT2D eigenvalue weighted by atomic mass is 15.1. The second-order valence-electron chi connectivity index (χ2n) is 7.40. The normalized spacial score (nSPS) is 11.9. The summed E-state index contributed by atoms with van der Waals surface area (Å²) in [5.41, 5.74) is 6.97. The van der Waals surface area contributed by atoms with E-state index in [1.807, 2.05) is 0 Å². The third-order valence-electron chi connectivity index (χ3n) is 5.93. The number of hydrogen-bond acceptors (Lipinski definition) is 1. The van der Waals surface area contributed by atoms with Crippen molar-refractivity contribution in [1.29, 1.82) is 0 Å². The maximum Gasteiger partial charge on any atom is 0.143 e. The molecule has 0 aliphatic rings. The van der Waals surface area contributed by atoms with E-state index < -0.39 is 0 Å². The maximum absolute atomic E-state index is 5.16. The molecule has 0 unspecified atom stereocenters. The number of pyridine rings is 1. The molecule has 6 rings (SSSR count). The highest BCUT2D eigenvalue weighted by Gasteiger charge is 2.21. The van der Waals surface area contributed by atoms with E-state index in [1.165, 1.54) is 43.7 Å². The lowest BCUT2D eigenvalue weighted by Crippen LogP contribution is -1.95. The first-order valence-corrected chi connectivity index (χ1v) is 9.55. The van der Waals surface area contributed by atoms with Gasteiger partial charge in [-0.15, -0.1) is 0 Å². The smallest absolute Gasteiger partial charge is 0.143 e. The monoisotopic (exact) mass is 361 g/mol. The molecule has 134 valence electrons. The average molecular weight is 361 g/mol. The Balaban J connectivity index is 2.00. The molecule has 0 aliphatic carbocycles. The van der Waals surface area contributed by atoms with Gasteiger partial charge in [0, 0.05) is 41.2 Å². The summed E-state index contributed by atoms with van der Waals surface area (Å²) in [5.74, 6) is 0. The van der Waals surface area contributed by atoms with Gasteiger partial charge in [-0.3, -0.25) is 0 Å². The van der Waals surface area contributed by atoms with Crippen molar-refractivity contribution < 1.29 is 0 Å². The van der Waals surface area contributed by atoms with Crippen LogP contribution in [0.2, 0.25) is 0 Å². The number of fused-ring (bicyclic) bond motifs is 6. The molecule has 28 heavy (non-hydrogen) atoms. The van der Waals surface area contributed by atoms with Crippen LogP contribution in [0.1, 0.15) is 0 Å². The molecule has 0 fully saturated rings. The first kappa shape index (κ1) is 15.5. The van der Waals surface area contributed by atoms with Crippen LogP contribution in [-0.2, 0) is 14.1 Å². The van der Waals surface area contributed by atoms with Gasteiger partial charge < -0.3 is 9.13 Å². The van der Waals surface area contributed by atoms with Crippen LogP contribution < -0.4 is 0 Å². The molecular weight excluding hydrogens is 342 g/mol. The van der Waals surface area contributed by atoms with E-state index in [-0.39, 0.29) is 0 Å². The minimum absolute atomic E-state index is 1.03. The largest absolute Gasteiger partial charge is 0.328 e. The fourth-order valence-corrected chi connectivity index (χ4v) is 4.63. The van der Waals surface area contributed by atoms with E-state index in [0.29, 0.717) is 0 Å². The number of nitrogens with zero attached hydrogens (tertiary/aromatic N) is 3. The SMILES string of the molecule is Cn1c2ccccc2c2c(-c3ccccc3)c3c4ccccc4n(C)c3nc21. The summed E-state index contributed by atoms with van der Waals surface area (Å²) < 4.78 is 4.43. The topological polar surface area (TPSA) is 22.8 Å². The van der Waals surface area contributed by atoms with Crippen molar-refractivity contribution in [1.82, 2.24) is 14.1 Å². The number of aryl methyl sites for hydroxylation is 2. The molecule has 0 bridgehead atoms. The van der Waals surface area contributed by atoms with Gasteiger partial charge in [0.05, 0.1) is 11.0 Å². The van der Waals surface area contributed by atoms with Crippen LogP contribution in [-0.4, -0.2) is 14.1 Å². The molecule has 3 heterocycles. The first-order chi connectivity index (χ1) is 13.8. The van der Waals surface area contributed by atoms with Crippen LogP contribution in [0, 0.1) is 0 Å². The summed E-state index contributed by atoms with van der Waals surface area (Å²) >= 11 is 0. The maximum atomic E-state index is 5.16. The predicted octanol–water partition coefficient (Wildman–Crippen LogP) is 6.04. The summed E-state index contributed by atoms with van der Waals surface area (Å²) in [4.78, 5) is 5.16. The zero-order chi connectivity index (χ0) is 18.8. The zero-order valence-corrected chi connectivity index (χ0v) is 15.8. The summed E-state index contributed by atoms with van der Waals surface area (Å²) in [6, 6.07) is 27.9. The molecule has 0 radical (unpaired) electrons. The summed E-state index contributed by atoms with van der Waals surface area (Å²) in [7, 11) is 4.22. The Morgan fingerprint density at radius 1 is 0.571 bits per heavy atom. The molecule has 0 saturated carbocycles. The van der Waals surface area contributed by atoms with Crippen molar-refractivity contribution in [3.05, 3.63) is 78.9 Å². The third-order valence-corrected chi connectivity index (χ3v) is 5.93. The number of rotatable bonds is 1. The fraction of sp³-hybridized carbons (Fsp3) is 0.0800. The molecule has 3 nitrogen and oxygen atoms in total. The van der Waals surface area contributed by atoms with E-state index in [0.717, 1.165) is 11.3 Å². The molecule has 0 spiro atoms. The van der Waals surface area contributed by atoms with Gasteiger partial charge in [0.1, 0.15) is 11.3 Å². The van der Waals surface area contributed by atoms with Gasteiger partial charge in [-0.1, -0.05) is 66.7 Å². The quantitative estimate of drug-likeness (QED) is 0.350. The van der Waals surface area contributed by atoms with Gasteiger partial charge in [0.25, 0.3) is 0 Å². The third kappa shape index (κ3) is 1.86. The van der Waals surface area contributed by atoms with Crippen LogP contribution in [0.25, 0.3) is 55.0 Å². The standard InChI is InChI=1S/C25H19N3/c1-27-19-14-8-6-12-17(19)22-21(16-10-4-3-5-11-16)23-18-13-7-9-15-20(18)28(2)25(23)26-24(22)27/h3-15H,1-2H3. The summed E-state index contributed by atoms with van der Waals surface area (Å²) in [6.07, 6.45) is 0. The van der Waals surface area contributed by atoms with E-state index in [2.05, 4.69) is 102 Å². The second-order valence-corrected chi connectivity index (χ2v) is 7.40. The van der Waals surface area contributed by atoms with Gasteiger partial charge in [-0.2, -0.15) is 0 Å². The summed E-state index contributed by atoms with van der Waals surface area (Å²) in [5, 5.41) is 4.96. The van der Waals surface area contributed by atoms with Crippen LogP contribution in [0.15, 0.2) is 78.9 Å². The molecule has 6 aromatic rings. The summed E-state index contributed by atoms with van der Waals surface area (Å²) in [6.45, 7) is 0. The number of aromatic nitrogens is 3. The van der Waals surface area contributed by atoms with Gasteiger partial charge in [-0.05, 0) is 17.7 Å². The minimum Gasteiger partial charge on any atom is -0.328 e. The van der Waals surface area contributed by atoms with Gasteiger partial charge in [0.15, 0.2) is 0 Å². The van der Waals surface area contributed by atoms with Gasteiger partial charge in [0.2, 0.25) is 0 Å². The molecule has 0 aliphatic heterocycles. The molecule has 3 aromatic heterocycles. The van der Waals surface area contributed by atoms with E-state index >= 15 is 0 Å². The highest BCUT2D eigenvalue weighted by molar-refractivity contribution is 6.25. The highest BCUT2D eigenvalue weighted by Crippen LogP contribution is 2.43. The van der Waals surface area contributed by atoms with E-state index in [9.17, 15) is 0 Å². The Morgan fingerprint density at radius 3 is 1.57 bits per heavy atom. The van der Waals surface area contributed by atoms with Crippen molar-refractivity contribution in [2.24, 2.45) is 14.1 Å². The number of benzene rings is 3. The van der Waals surface area contributed by atoms with Crippen molar-refractivity contribution in [2.75, 3.05) is 0 Å². The van der Waals surface area contributed by atoms with Crippen molar-refractivity contribution in [3.8, 4) is 11.1 Å². The fourth-order valence-electron chi connectivity index (χ4n) is 4.63.